The van der Waals surface area contributed by atoms with Gasteiger partial charge in [0.05, 0.1) is 0 Å². The Bertz CT molecular complexity index is 1070. The molecular formula is C19H18BrFN2O3S. The topological polar surface area (TPSA) is 80.5 Å². The Hall–Kier alpha value is -1.77. The van der Waals surface area contributed by atoms with Crippen molar-refractivity contribution in [1.82, 2.24) is 0 Å². The Morgan fingerprint density at radius 1 is 1.26 bits per heavy atom. The van der Waals surface area contributed by atoms with Gasteiger partial charge in [-0.1, -0.05) is 28.9 Å². The first kappa shape index (κ1) is 18.6. The summed E-state index contributed by atoms with van der Waals surface area (Å²) in [7, 11) is -4.20. The normalized spacial score (nSPS) is 21.3. The van der Waals surface area contributed by atoms with Crippen LogP contribution in [0.1, 0.15) is 29.5 Å². The lowest BCUT2D eigenvalue weighted by Gasteiger charge is -2.24. The van der Waals surface area contributed by atoms with Crippen molar-refractivity contribution in [2.75, 3.05) is 11.4 Å². The summed E-state index contributed by atoms with van der Waals surface area (Å²) in [5, 5.41) is 5.11. The highest BCUT2D eigenvalue weighted by molar-refractivity contribution is 9.10. The molecule has 2 aliphatic rings. The number of benzene rings is 2. The van der Waals surface area contributed by atoms with Crippen molar-refractivity contribution in [3.8, 4) is 0 Å². The second-order valence-corrected chi connectivity index (χ2v) is 9.58. The fourth-order valence-corrected chi connectivity index (χ4v) is 5.18. The predicted molar refractivity (Wildman–Crippen MR) is 104 cm³/mol. The predicted octanol–water partition coefficient (Wildman–Crippen LogP) is 3.10. The maximum Gasteiger partial charge on any atom is 0.241 e. The van der Waals surface area contributed by atoms with Crippen molar-refractivity contribution in [1.29, 1.82) is 0 Å². The van der Waals surface area contributed by atoms with Gasteiger partial charge in [-0.25, -0.2) is 17.9 Å². The van der Waals surface area contributed by atoms with E-state index < -0.39 is 20.7 Å². The Labute approximate surface area is 165 Å². The van der Waals surface area contributed by atoms with E-state index in [2.05, 4.69) is 15.9 Å². The summed E-state index contributed by atoms with van der Waals surface area (Å²) < 4.78 is 38.4. The highest BCUT2D eigenvalue weighted by Gasteiger charge is 2.39. The van der Waals surface area contributed by atoms with E-state index in [1.54, 1.807) is 4.90 Å². The van der Waals surface area contributed by atoms with Crippen molar-refractivity contribution in [3.05, 3.63) is 57.3 Å². The summed E-state index contributed by atoms with van der Waals surface area (Å²) in [6, 6.07) is 8.39. The van der Waals surface area contributed by atoms with E-state index in [9.17, 15) is 17.6 Å². The van der Waals surface area contributed by atoms with Gasteiger partial charge < -0.3 is 4.90 Å². The molecule has 8 heteroatoms. The number of carbonyl (C=O) groups is 1. The zero-order valence-corrected chi connectivity index (χ0v) is 17.0. The van der Waals surface area contributed by atoms with Gasteiger partial charge in [0.2, 0.25) is 15.9 Å². The maximum absolute atomic E-state index is 14.1. The summed E-state index contributed by atoms with van der Waals surface area (Å²) in [6.45, 7) is 2.44. The van der Waals surface area contributed by atoms with Crippen LogP contribution >= 0.6 is 15.9 Å². The molecule has 2 aromatic carbocycles. The molecule has 0 radical (unpaired) electrons. The van der Waals surface area contributed by atoms with Gasteiger partial charge in [-0.2, -0.15) is 0 Å². The van der Waals surface area contributed by atoms with Crippen molar-refractivity contribution in [2.45, 2.75) is 30.6 Å². The molecule has 2 aromatic rings. The Kier molecular flexibility index (Phi) is 4.40. The van der Waals surface area contributed by atoms with Crippen LogP contribution in [-0.2, 0) is 27.7 Å². The van der Waals surface area contributed by atoms with Gasteiger partial charge in [-0.15, -0.1) is 0 Å². The number of hydrogen-bond acceptors (Lipinski definition) is 3. The van der Waals surface area contributed by atoms with Gasteiger partial charge in [0.15, 0.2) is 0 Å². The quantitative estimate of drug-likeness (QED) is 0.759. The molecule has 27 heavy (non-hydrogen) atoms. The largest absolute Gasteiger partial charge is 0.312 e. The number of nitrogens with two attached hydrogens (primary N) is 1. The number of fused-ring (bicyclic) bond motifs is 2. The molecular weight excluding hydrogens is 435 g/mol. The SMILES string of the molecule is CC1c2ccc(Br)cc2CC1C(=O)N1CCc2cc(F)c(S(N)(=O)=O)cc21. The molecule has 2 atom stereocenters. The maximum atomic E-state index is 14.1. The van der Waals surface area contributed by atoms with Crippen LogP contribution in [0.2, 0.25) is 0 Å². The second kappa shape index (κ2) is 6.39. The molecule has 1 aliphatic heterocycles. The molecule has 2 N–H and O–H groups in total. The number of amides is 1. The Balaban J connectivity index is 1.68. The molecule has 2 unspecified atom stereocenters. The van der Waals surface area contributed by atoms with Crippen LogP contribution < -0.4 is 10.0 Å². The van der Waals surface area contributed by atoms with Gasteiger partial charge in [0, 0.05) is 22.6 Å². The van der Waals surface area contributed by atoms with E-state index in [-0.39, 0.29) is 17.7 Å². The average Bonchev–Trinajstić information content (AvgIpc) is 3.13. The number of rotatable bonds is 2. The van der Waals surface area contributed by atoms with Crippen LogP contribution in [0.3, 0.4) is 0 Å². The molecule has 1 amide bonds. The molecule has 0 bridgehead atoms. The minimum absolute atomic E-state index is 0.0582. The first-order chi connectivity index (χ1) is 12.7. The molecule has 142 valence electrons. The first-order valence-corrected chi connectivity index (χ1v) is 11.0. The fourth-order valence-electron chi connectivity index (χ4n) is 4.16. The van der Waals surface area contributed by atoms with Crippen molar-refractivity contribution >= 4 is 37.5 Å². The van der Waals surface area contributed by atoms with E-state index in [1.165, 1.54) is 12.1 Å². The number of sulfonamides is 1. The van der Waals surface area contributed by atoms with Gasteiger partial charge in [0.25, 0.3) is 0 Å². The summed E-state index contributed by atoms with van der Waals surface area (Å²) in [5.74, 6) is -1.12. The third-order valence-corrected chi connectivity index (χ3v) is 6.98. The van der Waals surface area contributed by atoms with Crippen molar-refractivity contribution in [3.63, 3.8) is 0 Å². The van der Waals surface area contributed by atoms with Crippen LogP contribution in [0.4, 0.5) is 10.1 Å². The van der Waals surface area contributed by atoms with Crippen LogP contribution in [0.5, 0.6) is 0 Å². The smallest absolute Gasteiger partial charge is 0.241 e. The third-order valence-electron chi connectivity index (χ3n) is 5.56. The summed E-state index contributed by atoms with van der Waals surface area (Å²) >= 11 is 3.46. The van der Waals surface area contributed by atoms with E-state index >= 15 is 0 Å². The van der Waals surface area contributed by atoms with Crippen LogP contribution in [0.15, 0.2) is 39.7 Å². The lowest BCUT2D eigenvalue weighted by atomic mass is 9.93. The summed E-state index contributed by atoms with van der Waals surface area (Å²) in [6.07, 6.45) is 1.12. The molecule has 4 rings (SSSR count). The highest BCUT2D eigenvalue weighted by atomic mass is 79.9. The number of primary sulfonamides is 1. The Morgan fingerprint density at radius 3 is 2.70 bits per heavy atom. The minimum atomic E-state index is -4.20. The number of halogens is 2. The van der Waals surface area contributed by atoms with Crippen LogP contribution in [0.25, 0.3) is 0 Å². The summed E-state index contributed by atoms with van der Waals surface area (Å²) in [4.78, 5) is 14.3. The van der Waals surface area contributed by atoms with Gasteiger partial charge in [-0.3, -0.25) is 4.79 Å². The van der Waals surface area contributed by atoms with Crippen LogP contribution in [0, 0.1) is 11.7 Å². The minimum Gasteiger partial charge on any atom is -0.312 e. The molecule has 1 heterocycles. The zero-order valence-electron chi connectivity index (χ0n) is 14.6. The molecule has 0 saturated carbocycles. The van der Waals surface area contributed by atoms with Crippen LogP contribution in [-0.4, -0.2) is 20.9 Å². The van der Waals surface area contributed by atoms with E-state index in [0.29, 0.717) is 30.6 Å². The number of anilines is 1. The lowest BCUT2D eigenvalue weighted by molar-refractivity contribution is -0.122. The molecule has 0 aromatic heterocycles. The fraction of sp³-hybridized carbons (Fsp3) is 0.316. The van der Waals surface area contributed by atoms with E-state index in [1.807, 2.05) is 25.1 Å². The van der Waals surface area contributed by atoms with Crippen molar-refractivity contribution < 1.29 is 17.6 Å². The lowest BCUT2D eigenvalue weighted by Crippen LogP contribution is -2.36. The number of carbonyl (C=O) groups excluding carboxylic acids is 1. The van der Waals surface area contributed by atoms with E-state index in [0.717, 1.165) is 15.6 Å². The second-order valence-electron chi connectivity index (χ2n) is 7.14. The van der Waals surface area contributed by atoms with Gasteiger partial charge in [-0.05, 0) is 59.7 Å². The molecule has 0 spiro atoms. The average molecular weight is 453 g/mol. The highest BCUT2D eigenvalue weighted by Crippen LogP contribution is 2.42. The molecule has 0 saturated heterocycles. The first-order valence-electron chi connectivity index (χ1n) is 8.61. The zero-order chi connectivity index (χ0) is 19.5. The number of nitrogens with zero attached hydrogens (tertiary/aromatic N) is 1. The summed E-state index contributed by atoms with van der Waals surface area (Å²) in [5.41, 5.74) is 3.35. The van der Waals surface area contributed by atoms with Gasteiger partial charge in [0.1, 0.15) is 10.7 Å². The van der Waals surface area contributed by atoms with E-state index in [4.69, 9.17) is 5.14 Å². The molecule has 1 aliphatic carbocycles. The molecule has 0 fully saturated rings. The third kappa shape index (κ3) is 3.09. The number of hydrogen-bond donors (Lipinski definition) is 1. The van der Waals surface area contributed by atoms with Crippen molar-refractivity contribution in [2.24, 2.45) is 11.1 Å². The standard InChI is InChI=1S/C19H18BrFN2O3S/c1-10-14-3-2-13(20)6-12(14)7-15(10)19(24)23-5-4-11-8-16(21)18(9-17(11)23)27(22,25)26/h2-3,6,8-10,15H,4-5,7H2,1H3,(H2,22,25,26). The monoisotopic (exact) mass is 452 g/mol. The molecule has 5 nitrogen and oxygen atoms in total. The Morgan fingerprint density at radius 2 is 2.00 bits per heavy atom. The van der Waals surface area contributed by atoms with Gasteiger partial charge >= 0.3 is 0 Å².